The number of esters is 1. The van der Waals surface area contributed by atoms with E-state index in [0.29, 0.717) is 30.4 Å². The lowest BCUT2D eigenvalue weighted by atomic mass is 9.98. The third kappa shape index (κ3) is 4.32. The van der Waals surface area contributed by atoms with Crippen LogP contribution in [0.4, 0.5) is 5.69 Å². The molecule has 2 heterocycles. The topological polar surface area (TPSA) is 75.7 Å². The number of benzene rings is 1. The lowest BCUT2D eigenvalue weighted by Crippen LogP contribution is -2.44. The maximum atomic E-state index is 12.7. The number of fused-ring (bicyclic) bond motifs is 1. The van der Waals surface area contributed by atoms with Crippen LogP contribution in [0.1, 0.15) is 26.2 Å². The van der Waals surface area contributed by atoms with Crippen LogP contribution in [0.25, 0.3) is 0 Å². The summed E-state index contributed by atoms with van der Waals surface area (Å²) in [6.45, 7) is 3.09. The van der Waals surface area contributed by atoms with Crippen molar-refractivity contribution < 1.29 is 19.1 Å². The molecule has 1 saturated heterocycles. The molecule has 0 aliphatic carbocycles. The first-order valence-electron chi connectivity index (χ1n) is 8.69. The molecule has 1 N–H and O–H groups in total. The Morgan fingerprint density at radius 3 is 3.00 bits per heavy atom. The smallest absolute Gasteiger partial charge is 0.310 e. The highest BCUT2D eigenvalue weighted by atomic mass is 35.5. The fraction of sp³-hybridized carbons (Fsp3) is 0.500. The van der Waals surface area contributed by atoms with Gasteiger partial charge in [-0.1, -0.05) is 11.6 Å². The molecule has 2 aliphatic rings. The van der Waals surface area contributed by atoms with Gasteiger partial charge in [-0.05, 0) is 38.0 Å². The fourth-order valence-electron chi connectivity index (χ4n) is 3.20. The molecule has 0 aromatic heterocycles. The van der Waals surface area contributed by atoms with Crippen LogP contribution < -0.4 is 5.32 Å². The molecule has 140 valence electrons. The number of thioether (sulfide) groups is 1. The van der Waals surface area contributed by atoms with E-state index in [1.807, 2.05) is 6.07 Å². The van der Waals surface area contributed by atoms with Crippen molar-refractivity contribution in [2.45, 2.75) is 36.3 Å². The normalized spacial score (nSPS) is 22.4. The molecule has 8 heteroatoms. The van der Waals surface area contributed by atoms with Crippen molar-refractivity contribution in [3.05, 3.63) is 23.2 Å². The van der Waals surface area contributed by atoms with Crippen molar-refractivity contribution in [2.75, 3.05) is 25.0 Å². The molecule has 2 aliphatic heterocycles. The minimum absolute atomic E-state index is 0.105. The van der Waals surface area contributed by atoms with E-state index >= 15 is 0 Å². The van der Waals surface area contributed by atoms with Crippen LogP contribution in [-0.2, 0) is 19.1 Å². The molecular formula is C18H21ClN2O4S. The van der Waals surface area contributed by atoms with Gasteiger partial charge in [0, 0.05) is 29.4 Å². The third-order valence-corrected chi connectivity index (χ3v) is 6.03. The summed E-state index contributed by atoms with van der Waals surface area (Å²) in [6.07, 6.45) is 1.60. The first kappa shape index (κ1) is 19.0. The maximum Gasteiger partial charge on any atom is 0.310 e. The van der Waals surface area contributed by atoms with Crippen LogP contribution in [0.3, 0.4) is 0 Å². The molecule has 26 heavy (non-hydrogen) atoms. The summed E-state index contributed by atoms with van der Waals surface area (Å²) in [5, 5.41) is 2.88. The predicted molar refractivity (Wildman–Crippen MR) is 100 cm³/mol. The van der Waals surface area contributed by atoms with Crippen molar-refractivity contribution in [3.63, 3.8) is 0 Å². The molecular weight excluding hydrogens is 376 g/mol. The molecule has 0 spiro atoms. The summed E-state index contributed by atoms with van der Waals surface area (Å²) in [5.74, 6) is -0.829. The number of hydrogen-bond acceptors (Lipinski definition) is 5. The van der Waals surface area contributed by atoms with Gasteiger partial charge in [-0.3, -0.25) is 14.4 Å². The number of likely N-dealkylation sites (tertiary alicyclic amines) is 1. The molecule has 1 aromatic carbocycles. The summed E-state index contributed by atoms with van der Waals surface area (Å²) >= 11 is 7.32. The number of carbonyl (C=O) groups is 3. The van der Waals surface area contributed by atoms with Crippen LogP contribution in [0.15, 0.2) is 23.1 Å². The van der Waals surface area contributed by atoms with E-state index < -0.39 is 5.25 Å². The summed E-state index contributed by atoms with van der Waals surface area (Å²) in [4.78, 5) is 39.5. The van der Waals surface area contributed by atoms with Gasteiger partial charge in [0.25, 0.3) is 0 Å². The predicted octanol–water partition coefficient (Wildman–Crippen LogP) is 2.94. The van der Waals surface area contributed by atoms with Crippen LogP contribution in [0.2, 0.25) is 5.02 Å². The van der Waals surface area contributed by atoms with Gasteiger partial charge < -0.3 is 15.0 Å². The van der Waals surface area contributed by atoms with E-state index in [-0.39, 0.29) is 30.1 Å². The molecule has 3 rings (SSSR count). The molecule has 1 aromatic rings. The summed E-state index contributed by atoms with van der Waals surface area (Å²) in [7, 11) is 0. The number of rotatable bonds is 4. The minimum Gasteiger partial charge on any atom is -0.466 e. The van der Waals surface area contributed by atoms with Crippen molar-refractivity contribution in [1.82, 2.24) is 4.90 Å². The largest absolute Gasteiger partial charge is 0.466 e. The standard InChI is InChI=1S/C18H21ClN2O4S/c1-2-25-18(24)11-4-3-7-21(10-11)16(22)9-15-17(23)20-13-8-12(19)5-6-14(13)26-15/h5-6,8,11,15H,2-4,7,9-10H2,1H3,(H,20,23)/t11-,15-/m0/s1. The van der Waals surface area contributed by atoms with Gasteiger partial charge in [0.2, 0.25) is 11.8 Å². The monoisotopic (exact) mass is 396 g/mol. The molecule has 0 saturated carbocycles. The van der Waals surface area contributed by atoms with E-state index in [1.54, 1.807) is 24.0 Å². The molecule has 6 nitrogen and oxygen atoms in total. The highest BCUT2D eigenvalue weighted by molar-refractivity contribution is 8.01. The van der Waals surface area contributed by atoms with Crippen LogP contribution in [0.5, 0.6) is 0 Å². The number of ether oxygens (including phenoxy) is 1. The average Bonchev–Trinajstić information content (AvgIpc) is 2.63. The van der Waals surface area contributed by atoms with Crippen molar-refractivity contribution in [3.8, 4) is 0 Å². The highest BCUT2D eigenvalue weighted by Gasteiger charge is 2.34. The minimum atomic E-state index is -0.487. The van der Waals surface area contributed by atoms with Crippen LogP contribution in [-0.4, -0.2) is 47.6 Å². The SMILES string of the molecule is CCOC(=O)[C@H]1CCCN(C(=O)C[C@@H]2Sc3ccc(Cl)cc3NC2=O)C1. The zero-order valence-corrected chi connectivity index (χ0v) is 16.1. The van der Waals surface area contributed by atoms with Crippen LogP contribution >= 0.6 is 23.4 Å². The lowest BCUT2D eigenvalue weighted by molar-refractivity contribution is -0.151. The number of nitrogens with zero attached hydrogens (tertiary/aromatic N) is 1. The Hall–Kier alpha value is -1.73. The zero-order chi connectivity index (χ0) is 18.7. The quantitative estimate of drug-likeness (QED) is 0.792. The molecule has 2 amide bonds. The first-order chi connectivity index (χ1) is 12.5. The summed E-state index contributed by atoms with van der Waals surface area (Å²) in [5.41, 5.74) is 0.677. The van der Waals surface area contributed by atoms with Gasteiger partial charge in [0.05, 0.1) is 23.5 Å². The van der Waals surface area contributed by atoms with E-state index in [4.69, 9.17) is 16.3 Å². The molecule has 2 atom stereocenters. The number of amides is 2. The van der Waals surface area contributed by atoms with Crippen molar-refractivity contribution in [1.29, 1.82) is 0 Å². The van der Waals surface area contributed by atoms with Gasteiger partial charge in [-0.2, -0.15) is 0 Å². The van der Waals surface area contributed by atoms with E-state index in [2.05, 4.69) is 5.32 Å². The second kappa shape index (κ2) is 8.31. The number of halogens is 1. The number of piperidine rings is 1. The Morgan fingerprint density at radius 1 is 1.42 bits per heavy atom. The lowest BCUT2D eigenvalue weighted by Gasteiger charge is -2.33. The number of hydrogen-bond donors (Lipinski definition) is 1. The third-order valence-electron chi connectivity index (χ3n) is 4.52. The number of anilines is 1. The van der Waals surface area contributed by atoms with Gasteiger partial charge in [-0.15, -0.1) is 11.8 Å². The second-order valence-corrected chi connectivity index (χ2v) is 8.05. The van der Waals surface area contributed by atoms with Crippen molar-refractivity contribution >= 4 is 46.8 Å². The maximum absolute atomic E-state index is 12.7. The fourth-order valence-corrected chi connectivity index (χ4v) is 4.45. The Kier molecular flexibility index (Phi) is 6.09. The number of carbonyl (C=O) groups excluding carboxylic acids is 3. The second-order valence-electron chi connectivity index (χ2n) is 6.37. The summed E-state index contributed by atoms with van der Waals surface area (Å²) in [6, 6.07) is 5.31. The zero-order valence-electron chi connectivity index (χ0n) is 14.5. The molecule has 0 radical (unpaired) electrons. The van der Waals surface area contributed by atoms with Gasteiger partial charge in [0.1, 0.15) is 0 Å². The van der Waals surface area contributed by atoms with Crippen molar-refractivity contribution in [2.24, 2.45) is 5.92 Å². The van der Waals surface area contributed by atoms with Gasteiger partial charge in [0.15, 0.2) is 0 Å². The molecule has 1 fully saturated rings. The average molecular weight is 397 g/mol. The molecule has 0 unspecified atom stereocenters. The van der Waals surface area contributed by atoms with E-state index in [9.17, 15) is 14.4 Å². The van der Waals surface area contributed by atoms with Gasteiger partial charge >= 0.3 is 5.97 Å². The Labute approximate surface area is 161 Å². The Bertz CT molecular complexity index is 727. The van der Waals surface area contributed by atoms with Gasteiger partial charge in [-0.25, -0.2) is 0 Å². The van der Waals surface area contributed by atoms with E-state index in [0.717, 1.165) is 17.7 Å². The first-order valence-corrected chi connectivity index (χ1v) is 9.95. The Morgan fingerprint density at radius 2 is 2.23 bits per heavy atom. The van der Waals surface area contributed by atoms with E-state index in [1.165, 1.54) is 11.8 Å². The molecule has 0 bridgehead atoms. The highest BCUT2D eigenvalue weighted by Crippen LogP contribution is 2.38. The van der Waals surface area contributed by atoms with Crippen LogP contribution in [0, 0.1) is 5.92 Å². The number of nitrogens with one attached hydrogen (secondary N) is 1. The Balaban J connectivity index is 1.61. The summed E-state index contributed by atoms with van der Waals surface area (Å²) < 4.78 is 5.07.